The Balaban J connectivity index is 2.66. The van der Waals surface area contributed by atoms with Crippen molar-refractivity contribution in [2.75, 3.05) is 0 Å². The van der Waals surface area contributed by atoms with E-state index >= 15 is 0 Å². The van der Waals surface area contributed by atoms with Gasteiger partial charge in [0.1, 0.15) is 5.84 Å². The zero-order valence-electron chi connectivity index (χ0n) is 9.34. The summed E-state index contributed by atoms with van der Waals surface area (Å²) in [7, 11) is 1.54. The zero-order valence-corrected chi connectivity index (χ0v) is 9.34. The van der Waals surface area contributed by atoms with E-state index in [1.807, 2.05) is 30.3 Å². The van der Waals surface area contributed by atoms with Crippen LogP contribution in [0.3, 0.4) is 0 Å². The smallest absolute Gasteiger partial charge is 0.277 e. The van der Waals surface area contributed by atoms with Crippen LogP contribution in [0.5, 0.6) is 0 Å². The second-order valence-electron chi connectivity index (χ2n) is 3.65. The Morgan fingerprint density at radius 3 is 2.59 bits per heavy atom. The third kappa shape index (κ3) is 2.08. The van der Waals surface area contributed by atoms with Crippen LogP contribution in [0.4, 0.5) is 0 Å². The van der Waals surface area contributed by atoms with Gasteiger partial charge in [0.15, 0.2) is 0 Å². The Morgan fingerprint density at radius 2 is 2.00 bits per heavy atom. The van der Waals surface area contributed by atoms with Crippen LogP contribution in [0, 0.1) is 5.41 Å². The number of benzene rings is 1. The SMILES string of the molecule is Cn1nc(-c2ccccc2)cc(C(=N)N)c1=O. The fourth-order valence-electron chi connectivity index (χ4n) is 1.55. The first-order valence-electron chi connectivity index (χ1n) is 5.08. The fraction of sp³-hybridized carbons (Fsp3) is 0.0833. The van der Waals surface area contributed by atoms with Crippen LogP contribution in [0.2, 0.25) is 0 Å². The van der Waals surface area contributed by atoms with Crippen molar-refractivity contribution in [2.24, 2.45) is 12.8 Å². The molecule has 2 rings (SSSR count). The number of aromatic nitrogens is 2. The van der Waals surface area contributed by atoms with E-state index < -0.39 is 0 Å². The molecule has 86 valence electrons. The number of amidine groups is 1. The molecule has 5 heteroatoms. The summed E-state index contributed by atoms with van der Waals surface area (Å²) < 4.78 is 1.19. The normalized spacial score (nSPS) is 10.2. The van der Waals surface area contributed by atoms with Crippen LogP contribution < -0.4 is 11.3 Å². The van der Waals surface area contributed by atoms with Crippen LogP contribution in [0.1, 0.15) is 5.56 Å². The van der Waals surface area contributed by atoms with Gasteiger partial charge in [-0.25, -0.2) is 4.68 Å². The summed E-state index contributed by atoms with van der Waals surface area (Å²) in [5, 5.41) is 11.5. The van der Waals surface area contributed by atoms with E-state index in [9.17, 15) is 4.79 Å². The molecular weight excluding hydrogens is 216 g/mol. The number of nitrogen functional groups attached to an aromatic ring is 1. The van der Waals surface area contributed by atoms with E-state index in [2.05, 4.69) is 5.10 Å². The molecule has 0 radical (unpaired) electrons. The lowest BCUT2D eigenvalue weighted by Gasteiger charge is -2.06. The monoisotopic (exact) mass is 228 g/mol. The van der Waals surface area contributed by atoms with Crippen molar-refractivity contribution in [1.29, 1.82) is 5.41 Å². The molecule has 1 heterocycles. The molecule has 17 heavy (non-hydrogen) atoms. The van der Waals surface area contributed by atoms with Gasteiger partial charge in [-0.15, -0.1) is 0 Å². The number of hydrogen-bond donors (Lipinski definition) is 2. The van der Waals surface area contributed by atoms with Gasteiger partial charge in [0.05, 0.1) is 11.3 Å². The Labute approximate surface area is 98.0 Å². The van der Waals surface area contributed by atoms with Crippen LogP contribution >= 0.6 is 0 Å². The number of hydrogen-bond acceptors (Lipinski definition) is 3. The van der Waals surface area contributed by atoms with Crippen molar-refractivity contribution < 1.29 is 0 Å². The summed E-state index contributed by atoms with van der Waals surface area (Å²) in [4.78, 5) is 11.7. The minimum Gasteiger partial charge on any atom is -0.384 e. The van der Waals surface area contributed by atoms with Crippen LogP contribution in [-0.4, -0.2) is 15.6 Å². The highest BCUT2D eigenvalue weighted by Crippen LogP contribution is 2.15. The highest BCUT2D eigenvalue weighted by atomic mass is 16.1. The predicted octanol–water partition coefficient (Wildman–Crippen LogP) is 0.731. The number of rotatable bonds is 2. The van der Waals surface area contributed by atoms with E-state index in [-0.39, 0.29) is 17.0 Å². The first-order chi connectivity index (χ1) is 8.09. The van der Waals surface area contributed by atoms with Gasteiger partial charge >= 0.3 is 0 Å². The maximum absolute atomic E-state index is 11.7. The molecule has 0 spiro atoms. The molecule has 0 atom stereocenters. The molecule has 0 saturated heterocycles. The number of nitrogens with two attached hydrogens (primary N) is 1. The van der Waals surface area contributed by atoms with E-state index in [0.717, 1.165) is 5.56 Å². The lowest BCUT2D eigenvalue weighted by atomic mass is 10.1. The Bertz CT molecular complexity index is 616. The topological polar surface area (TPSA) is 84.8 Å². The van der Waals surface area contributed by atoms with Crippen LogP contribution in [0.15, 0.2) is 41.2 Å². The molecule has 0 aliphatic carbocycles. The zero-order chi connectivity index (χ0) is 12.4. The highest BCUT2D eigenvalue weighted by molar-refractivity contribution is 5.95. The van der Waals surface area contributed by atoms with Crippen molar-refractivity contribution in [3.05, 3.63) is 52.3 Å². The van der Waals surface area contributed by atoms with Gasteiger partial charge in [-0.05, 0) is 6.07 Å². The molecule has 0 saturated carbocycles. The van der Waals surface area contributed by atoms with E-state index in [1.165, 1.54) is 4.68 Å². The number of aryl methyl sites for hydroxylation is 1. The molecule has 1 aromatic carbocycles. The average Bonchev–Trinajstić information content (AvgIpc) is 2.33. The Hall–Kier alpha value is -2.43. The Morgan fingerprint density at radius 1 is 1.35 bits per heavy atom. The predicted molar refractivity (Wildman–Crippen MR) is 65.9 cm³/mol. The van der Waals surface area contributed by atoms with Gasteiger partial charge in [0.2, 0.25) is 0 Å². The summed E-state index contributed by atoms with van der Waals surface area (Å²) in [5.41, 5.74) is 6.68. The van der Waals surface area contributed by atoms with Gasteiger partial charge < -0.3 is 5.73 Å². The molecule has 1 aromatic heterocycles. The van der Waals surface area contributed by atoms with Crippen LogP contribution in [0.25, 0.3) is 11.3 Å². The molecule has 3 N–H and O–H groups in total. The largest absolute Gasteiger partial charge is 0.384 e. The third-order valence-corrected chi connectivity index (χ3v) is 2.42. The van der Waals surface area contributed by atoms with Gasteiger partial charge in [-0.3, -0.25) is 10.2 Å². The Kier molecular flexibility index (Phi) is 2.74. The van der Waals surface area contributed by atoms with Crippen molar-refractivity contribution in [1.82, 2.24) is 9.78 Å². The second kappa shape index (κ2) is 4.21. The molecule has 0 fully saturated rings. The maximum Gasteiger partial charge on any atom is 0.277 e. The number of nitrogens with one attached hydrogen (secondary N) is 1. The molecule has 0 aliphatic heterocycles. The summed E-state index contributed by atoms with van der Waals surface area (Å²) in [6.45, 7) is 0. The first kappa shape index (κ1) is 11.1. The second-order valence-corrected chi connectivity index (χ2v) is 3.65. The number of nitrogens with zero attached hydrogens (tertiary/aromatic N) is 2. The highest BCUT2D eigenvalue weighted by Gasteiger charge is 2.09. The molecular formula is C12H12N4O. The van der Waals surface area contributed by atoms with Gasteiger partial charge in [-0.1, -0.05) is 30.3 Å². The van der Waals surface area contributed by atoms with Gasteiger partial charge in [-0.2, -0.15) is 5.10 Å². The summed E-state index contributed by atoms with van der Waals surface area (Å²) >= 11 is 0. The van der Waals surface area contributed by atoms with Crippen LogP contribution in [-0.2, 0) is 7.05 Å². The van der Waals surface area contributed by atoms with E-state index in [1.54, 1.807) is 13.1 Å². The fourth-order valence-corrected chi connectivity index (χ4v) is 1.55. The molecule has 0 aliphatic rings. The summed E-state index contributed by atoms with van der Waals surface area (Å²) in [6, 6.07) is 11.0. The van der Waals surface area contributed by atoms with Crippen molar-refractivity contribution >= 4 is 5.84 Å². The quantitative estimate of drug-likeness (QED) is 0.587. The molecule has 0 amide bonds. The maximum atomic E-state index is 11.7. The minimum absolute atomic E-state index is 0.168. The van der Waals surface area contributed by atoms with Crippen molar-refractivity contribution in [2.45, 2.75) is 0 Å². The van der Waals surface area contributed by atoms with Gasteiger partial charge in [0, 0.05) is 12.6 Å². The lowest BCUT2D eigenvalue weighted by Crippen LogP contribution is -2.29. The molecule has 0 unspecified atom stereocenters. The standard InChI is InChI=1S/C12H12N4O/c1-16-12(17)9(11(13)14)7-10(15-16)8-5-3-2-4-6-8/h2-7H,1H3,(H3,13,14). The van der Waals surface area contributed by atoms with Crippen molar-refractivity contribution in [3.8, 4) is 11.3 Å². The minimum atomic E-state index is -0.364. The average molecular weight is 228 g/mol. The van der Waals surface area contributed by atoms with Gasteiger partial charge in [0.25, 0.3) is 5.56 Å². The summed E-state index contributed by atoms with van der Waals surface area (Å²) in [5.74, 6) is -0.245. The molecule has 5 nitrogen and oxygen atoms in total. The third-order valence-electron chi connectivity index (χ3n) is 2.42. The first-order valence-corrected chi connectivity index (χ1v) is 5.08. The van der Waals surface area contributed by atoms with E-state index in [4.69, 9.17) is 11.1 Å². The molecule has 0 bridgehead atoms. The lowest BCUT2D eigenvalue weighted by molar-refractivity contribution is 0.710. The van der Waals surface area contributed by atoms with Crippen molar-refractivity contribution in [3.63, 3.8) is 0 Å². The van der Waals surface area contributed by atoms with E-state index in [0.29, 0.717) is 5.69 Å². The molecule has 2 aromatic rings. The summed E-state index contributed by atoms with van der Waals surface area (Å²) in [6.07, 6.45) is 0.